The van der Waals surface area contributed by atoms with Crippen LogP contribution in [0.25, 0.3) is 0 Å². The summed E-state index contributed by atoms with van der Waals surface area (Å²) in [5.74, 6) is 0. The van der Waals surface area contributed by atoms with Gasteiger partial charge in [0.25, 0.3) is 0 Å². The van der Waals surface area contributed by atoms with E-state index in [-0.39, 0.29) is 12.2 Å². The first-order valence-electron chi connectivity index (χ1n) is 3.81. The van der Waals surface area contributed by atoms with Crippen LogP contribution < -0.4 is 0 Å². The van der Waals surface area contributed by atoms with Gasteiger partial charge in [0.05, 0.1) is 6.61 Å². The first-order valence-corrected chi connectivity index (χ1v) is 3.81. The van der Waals surface area contributed by atoms with E-state index < -0.39 is 0 Å². The average molecular weight is 142 g/mol. The van der Waals surface area contributed by atoms with Crippen molar-refractivity contribution in [3.8, 4) is 0 Å². The minimum Gasteiger partial charge on any atom is -0.386 e. The minimum atomic E-state index is -0.369. The summed E-state index contributed by atoms with van der Waals surface area (Å²) >= 11 is 0. The van der Waals surface area contributed by atoms with Gasteiger partial charge in [0.2, 0.25) is 0 Å². The van der Waals surface area contributed by atoms with E-state index in [2.05, 4.69) is 6.92 Å². The molecule has 1 heterocycles. The molecule has 0 spiro atoms. The Balaban J connectivity index is 2.09. The molecule has 2 heteroatoms. The number of aliphatic hydroxyl groups is 1. The second-order valence-corrected chi connectivity index (χ2v) is 2.58. The van der Waals surface area contributed by atoms with E-state index in [9.17, 15) is 5.11 Å². The van der Waals surface area contributed by atoms with Gasteiger partial charge in [-0.1, -0.05) is 25.5 Å². The fraction of sp³-hybridized carbons (Fsp3) is 0.750. The molecule has 0 bridgehead atoms. The zero-order valence-corrected chi connectivity index (χ0v) is 6.29. The maximum absolute atomic E-state index is 9.20. The van der Waals surface area contributed by atoms with Crippen LogP contribution in [0.4, 0.5) is 0 Å². The zero-order valence-electron chi connectivity index (χ0n) is 6.29. The third kappa shape index (κ3) is 2.50. The highest BCUT2D eigenvalue weighted by atomic mass is 16.6. The first kappa shape index (κ1) is 7.76. The molecule has 1 N–H and O–H groups in total. The van der Waals surface area contributed by atoms with E-state index in [1.807, 2.05) is 12.2 Å². The Hall–Kier alpha value is -0.340. The first-order chi connectivity index (χ1) is 4.84. The molecular weight excluding hydrogens is 128 g/mol. The number of ether oxygens (including phenoxy) is 1. The molecule has 58 valence electrons. The lowest BCUT2D eigenvalue weighted by Gasteiger charge is -1.97. The van der Waals surface area contributed by atoms with Crippen molar-refractivity contribution in [3.05, 3.63) is 12.2 Å². The fourth-order valence-electron chi connectivity index (χ4n) is 0.779. The molecule has 1 aliphatic heterocycles. The van der Waals surface area contributed by atoms with Gasteiger partial charge in [-0.05, 0) is 6.42 Å². The molecule has 1 fully saturated rings. The molecule has 0 aromatic heterocycles. The van der Waals surface area contributed by atoms with Gasteiger partial charge in [0, 0.05) is 0 Å². The molecule has 0 aromatic rings. The summed E-state index contributed by atoms with van der Waals surface area (Å²) in [7, 11) is 0. The molecule has 0 radical (unpaired) electrons. The molecule has 1 rings (SSSR count). The van der Waals surface area contributed by atoms with Crippen LogP contribution in [0.5, 0.6) is 0 Å². The summed E-state index contributed by atoms with van der Waals surface area (Å²) in [5.41, 5.74) is 0. The Morgan fingerprint density at radius 1 is 1.80 bits per heavy atom. The lowest BCUT2D eigenvalue weighted by Crippen LogP contribution is -2.09. The van der Waals surface area contributed by atoms with E-state index >= 15 is 0 Å². The lowest BCUT2D eigenvalue weighted by molar-refractivity contribution is 0.177. The summed E-state index contributed by atoms with van der Waals surface area (Å²) in [6, 6.07) is 0. The summed E-state index contributed by atoms with van der Waals surface area (Å²) in [6.45, 7) is 2.84. The number of hydrogen-bond donors (Lipinski definition) is 1. The van der Waals surface area contributed by atoms with E-state index in [1.54, 1.807) is 0 Å². The van der Waals surface area contributed by atoms with Gasteiger partial charge >= 0.3 is 0 Å². The van der Waals surface area contributed by atoms with Gasteiger partial charge in [0.1, 0.15) is 12.2 Å². The highest BCUT2D eigenvalue weighted by Crippen LogP contribution is 2.14. The molecule has 1 aliphatic rings. The van der Waals surface area contributed by atoms with Crippen molar-refractivity contribution in [2.45, 2.75) is 32.0 Å². The van der Waals surface area contributed by atoms with Crippen LogP contribution in [-0.4, -0.2) is 23.9 Å². The number of aliphatic hydroxyl groups excluding tert-OH is 1. The largest absolute Gasteiger partial charge is 0.386 e. The van der Waals surface area contributed by atoms with Gasteiger partial charge in [-0.25, -0.2) is 0 Å². The normalized spacial score (nSPS) is 27.2. The van der Waals surface area contributed by atoms with Gasteiger partial charge in [0.15, 0.2) is 0 Å². The number of hydrogen-bond acceptors (Lipinski definition) is 2. The monoisotopic (exact) mass is 142 g/mol. The smallest absolute Gasteiger partial charge is 0.110 e. The van der Waals surface area contributed by atoms with E-state index in [0.29, 0.717) is 0 Å². The van der Waals surface area contributed by atoms with Gasteiger partial charge < -0.3 is 9.84 Å². The molecule has 0 aliphatic carbocycles. The molecule has 0 unspecified atom stereocenters. The maximum Gasteiger partial charge on any atom is 0.110 e. The van der Waals surface area contributed by atoms with Crippen LogP contribution >= 0.6 is 0 Å². The fourth-order valence-corrected chi connectivity index (χ4v) is 0.779. The SMILES string of the molecule is CCC/C=C/[C@@H](O)[C@H]1CO1. The third-order valence-electron chi connectivity index (χ3n) is 1.53. The molecule has 0 aromatic carbocycles. The van der Waals surface area contributed by atoms with E-state index in [4.69, 9.17) is 4.74 Å². The Morgan fingerprint density at radius 3 is 3.00 bits per heavy atom. The average Bonchev–Trinajstić information content (AvgIpc) is 2.69. The molecule has 0 amide bonds. The van der Waals surface area contributed by atoms with Crippen LogP contribution in [0.3, 0.4) is 0 Å². The van der Waals surface area contributed by atoms with Crippen molar-refractivity contribution in [2.24, 2.45) is 0 Å². The van der Waals surface area contributed by atoms with Crippen molar-refractivity contribution < 1.29 is 9.84 Å². The Morgan fingerprint density at radius 2 is 2.50 bits per heavy atom. The maximum atomic E-state index is 9.20. The minimum absolute atomic E-state index is 0.0908. The Labute approximate surface area is 61.5 Å². The van der Waals surface area contributed by atoms with Crippen molar-refractivity contribution in [2.75, 3.05) is 6.61 Å². The summed E-state index contributed by atoms with van der Waals surface area (Å²) in [4.78, 5) is 0. The highest BCUT2D eigenvalue weighted by Gasteiger charge is 2.28. The van der Waals surface area contributed by atoms with Gasteiger partial charge in [-0.2, -0.15) is 0 Å². The molecule has 0 saturated carbocycles. The van der Waals surface area contributed by atoms with Crippen LogP contribution in [0.2, 0.25) is 0 Å². The standard InChI is InChI=1S/C8H14O2/c1-2-3-4-5-7(9)8-6-10-8/h4-5,7-9H,2-3,6H2,1H3/b5-4+/t7-,8-/m1/s1. The van der Waals surface area contributed by atoms with Crippen LogP contribution in [0.15, 0.2) is 12.2 Å². The summed E-state index contributed by atoms with van der Waals surface area (Å²) < 4.78 is 4.90. The Kier molecular flexibility index (Phi) is 2.90. The second-order valence-electron chi connectivity index (χ2n) is 2.58. The quantitative estimate of drug-likeness (QED) is 0.471. The van der Waals surface area contributed by atoms with Crippen LogP contribution in [-0.2, 0) is 4.74 Å². The number of unbranched alkanes of at least 4 members (excludes halogenated alkanes) is 1. The van der Waals surface area contributed by atoms with Crippen molar-refractivity contribution >= 4 is 0 Å². The van der Waals surface area contributed by atoms with Crippen molar-refractivity contribution in [3.63, 3.8) is 0 Å². The number of rotatable bonds is 4. The predicted octanol–water partition coefficient (Wildman–Crippen LogP) is 1.10. The van der Waals surface area contributed by atoms with Gasteiger partial charge in [-0.15, -0.1) is 0 Å². The predicted molar refractivity (Wildman–Crippen MR) is 39.8 cm³/mol. The Bertz CT molecular complexity index is 116. The third-order valence-corrected chi connectivity index (χ3v) is 1.53. The second kappa shape index (κ2) is 3.74. The van der Waals surface area contributed by atoms with Crippen LogP contribution in [0.1, 0.15) is 19.8 Å². The lowest BCUT2D eigenvalue weighted by atomic mass is 10.2. The summed E-state index contributed by atoms with van der Waals surface area (Å²) in [6.07, 6.45) is 5.73. The zero-order chi connectivity index (χ0) is 7.40. The van der Waals surface area contributed by atoms with E-state index in [1.165, 1.54) is 0 Å². The molecular formula is C8H14O2. The molecule has 10 heavy (non-hydrogen) atoms. The molecule has 2 atom stereocenters. The van der Waals surface area contributed by atoms with Crippen LogP contribution in [0, 0.1) is 0 Å². The number of allylic oxidation sites excluding steroid dienone is 1. The molecule has 2 nitrogen and oxygen atoms in total. The van der Waals surface area contributed by atoms with Crippen molar-refractivity contribution in [1.29, 1.82) is 0 Å². The number of epoxide rings is 1. The topological polar surface area (TPSA) is 32.8 Å². The highest BCUT2D eigenvalue weighted by molar-refractivity contribution is 4.96. The van der Waals surface area contributed by atoms with Gasteiger partial charge in [-0.3, -0.25) is 0 Å². The molecule has 1 saturated heterocycles. The van der Waals surface area contributed by atoms with Crippen molar-refractivity contribution in [1.82, 2.24) is 0 Å². The van der Waals surface area contributed by atoms with E-state index in [0.717, 1.165) is 19.4 Å². The summed E-state index contributed by atoms with van der Waals surface area (Å²) in [5, 5.41) is 9.20.